The Morgan fingerprint density at radius 3 is 2.47 bits per heavy atom. The number of para-hydroxylation sites is 1. The number of nitrogens with one attached hydrogen (secondary N) is 1. The maximum Gasteiger partial charge on any atom is 0.416 e. The van der Waals surface area contributed by atoms with Gasteiger partial charge in [-0.15, -0.1) is 0 Å². The van der Waals surface area contributed by atoms with Crippen molar-refractivity contribution in [3.8, 4) is 5.75 Å². The molecule has 2 aromatic carbocycles. The van der Waals surface area contributed by atoms with E-state index in [-0.39, 0.29) is 12.3 Å². The minimum atomic E-state index is -4.42. The molecule has 0 saturated carbocycles. The van der Waals surface area contributed by atoms with Gasteiger partial charge in [-0.25, -0.2) is 4.98 Å². The number of carbonyl (C=O) groups excluding carboxylic acids is 1. The molecular weight excluding hydrogens is 395 g/mol. The molecule has 1 amide bonds. The molecule has 0 bridgehead atoms. The van der Waals surface area contributed by atoms with E-state index >= 15 is 0 Å². The number of anilines is 2. The van der Waals surface area contributed by atoms with Crippen molar-refractivity contribution in [3.63, 3.8) is 0 Å². The maximum absolute atomic E-state index is 12.6. The van der Waals surface area contributed by atoms with Gasteiger partial charge in [0, 0.05) is 24.2 Å². The fourth-order valence-corrected chi connectivity index (χ4v) is 3.43. The van der Waals surface area contributed by atoms with Crippen LogP contribution in [-0.2, 0) is 11.0 Å². The minimum absolute atomic E-state index is 0.268. The van der Waals surface area contributed by atoms with Crippen molar-refractivity contribution in [2.24, 2.45) is 0 Å². The van der Waals surface area contributed by atoms with Crippen LogP contribution < -0.4 is 15.0 Å². The molecule has 1 aliphatic rings. The Morgan fingerprint density at radius 1 is 1.03 bits per heavy atom. The second-order valence-electron chi connectivity index (χ2n) is 7.10. The number of rotatable bonds is 5. The third-order valence-electron chi connectivity index (χ3n) is 4.95. The fourth-order valence-electron chi connectivity index (χ4n) is 3.43. The van der Waals surface area contributed by atoms with E-state index in [4.69, 9.17) is 9.72 Å². The van der Waals surface area contributed by atoms with Crippen molar-refractivity contribution < 1.29 is 22.7 Å². The lowest BCUT2D eigenvalue weighted by Crippen LogP contribution is -2.21. The second kappa shape index (κ2) is 8.22. The summed E-state index contributed by atoms with van der Waals surface area (Å²) in [5.41, 5.74) is 0.167. The number of hydrogen-bond acceptors (Lipinski definition) is 4. The van der Waals surface area contributed by atoms with Gasteiger partial charge in [0.15, 0.2) is 6.61 Å². The molecule has 156 valence electrons. The first kappa shape index (κ1) is 20.0. The number of hydrogen-bond donors (Lipinski definition) is 1. The SMILES string of the molecule is O=C(COc1cccc2ccc(N3CCCC3)nc12)Nc1ccc(C(F)(F)F)cc1. The summed E-state index contributed by atoms with van der Waals surface area (Å²) in [5.74, 6) is 0.892. The highest BCUT2D eigenvalue weighted by Gasteiger charge is 2.30. The number of carbonyl (C=O) groups is 1. The number of halogens is 3. The van der Waals surface area contributed by atoms with Crippen LogP contribution >= 0.6 is 0 Å². The van der Waals surface area contributed by atoms with E-state index in [1.54, 1.807) is 6.07 Å². The molecule has 5 nitrogen and oxygen atoms in total. The summed E-state index contributed by atoms with van der Waals surface area (Å²) in [4.78, 5) is 19.1. The summed E-state index contributed by atoms with van der Waals surface area (Å²) < 4.78 is 43.6. The second-order valence-corrected chi connectivity index (χ2v) is 7.10. The van der Waals surface area contributed by atoms with Crippen LogP contribution in [0.2, 0.25) is 0 Å². The van der Waals surface area contributed by atoms with Crippen molar-refractivity contribution >= 4 is 28.3 Å². The van der Waals surface area contributed by atoms with Crippen molar-refractivity contribution in [2.75, 3.05) is 29.9 Å². The quantitative estimate of drug-likeness (QED) is 0.646. The van der Waals surface area contributed by atoms with Gasteiger partial charge in [-0.3, -0.25) is 4.79 Å². The fraction of sp³-hybridized carbons (Fsp3) is 0.273. The van der Waals surface area contributed by atoms with Crippen molar-refractivity contribution in [2.45, 2.75) is 19.0 Å². The van der Waals surface area contributed by atoms with Gasteiger partial charge in [0.2, 0.25) is 0 Å². The van der Waals surface area contributed by atoms with Gasteiger partial charge in [-0.2, -0.15) is 13.2 Å². The predicted molar refractivity (Wildman–Crippen MR) is 109 cm³/mol. The molecule has 8 heteroatoms. The van der Waals surface area contributed by atoms with Crippen LogP contribution in [0.4, 0.5) is 24.7 Å². The topological polar surface area (TPSA) is 54.5 Å². The minimum Gasteiger partial charge on any atom is -0.481 e. The maximum atomic E-state index is 12.6. The molecular formula is C22H20F3N3O2. The van der Waals surface area contributed by atoms with Crippen molar-refractivity contribution in [1.82, 2.24) is 4.98 Å². The third kappa shape index (κ3) is 4.48. The van der Waals surface area contributed by atoms with Gasteiger partial charge < -0.3 is 15.0 Å². The van der Waals surface area contributed by atoms with E-state index in [2.05, 4.69) is 10.2 Å². The molecule has 2 heterocycles. The molecule has 1 aromatic heterocycles. The molecule has 3 aromatic rings. The highest BCUT2D eigenvalue weighted by molar-refractivity contribution is 5.92. The zero-order valence-corrected chi connectivity index (χ0v) is 16.1. The Labute approximate surface area is 171 Å². The van der Waals surface area contributed by atoms with Crippen LogP contribution in [0, 0.1) is 0 Å². The lowest BCUT2D eigenvalue weighted by molar-refractivity contribution is -0.137. The molecule has 1 aliphatic heterocycles. The molecule has 1 fully saturated rings. The number of nitrogens with zero attached hydrogens (tertiary/aromatic N) is 2. The number of benzene rings is 2. The van der Waals surface area contributed by atoms with Gasteiger partial charge in [0.25, 0.3) is 5.91 Å². The number of amides is 1. The molecule has 0 atom stereocenters. The van der Waals surface area contributed by atoms with E-state index in [0.717, 1.165) is 49.3 Å². The van der Waals surface area contributed by atoms with E-state index in [9.17, 15) is 18.0 Å². The average Bonchev–Trinajstić information content (AvgIpc) is 3.26. The highest BCUT2D eigenvalue weighted by Crippen LogP contribution is 2.30. The number of fused-ring (bicyclic) bond motifs is 1. The summed E-state index contributed by atoms with van der Waals surface area (Å²) in [7, 11) is 0. The average molecular weight is 415 g/mol. The highest BCUT2D eigenvalue weighted by atomic mass is 19.4. The van der Waals surface area contributed by atoms with Gasteiger partial charge >= 0.3 is 6.18 Å². The number of aromatic nitrogens is 1. The van der Waals surface area contributed by atoms with E-state index in [0.29, 0.717) is 11.3 Å². The summed E-state index contributed by atoms with van der Waals surface area (Å²) in [6, 6.07) is 13.7. The summed E-state index contributed by atoms with van der Waals surface area (Å²) in [5, 5.41) is 3.44. The van der Waals surface area contributed by atoms with Crippen molar-refractivity contribution in [3.05, 3.63) is 60.2 Å². The van der Waals surface area contributed by atoms with E-state index in [1.807, 2.05) is 24.3 Å². The first-order valence-electron chi connectivity index (χ1n) is 9.65. The van der Waals surface area contributed by atoms with Crippen molar-refractivity contribution in [1.29, 1.82) is 0 Å². The first-order valence-corrected chi connectivity index (χ1v) is 9.65. The Kier molecular flexibility index (Phi) is 5.48. The summed E-state index contributed by atoms with van der Waals surface area (Å²) in [6.07, 6.45) is -2.13. The number of pyridine rings is 1. The van der Waals surface area contributed by atoms with Gasteiger partial charge in [0.1, 0.15) is 17.1 Å². The normalized spacial score (nSPS) is 14.2. The largest absolute Gasteiger partial charge is 0.481 e. The Bertz CT molecular complexity index is 1050. The van der Waals surface area contributed by atoms with Gasteiger partial charge in [0.05, 0.1) is 5.56 Å². The Hall–Kier alpha value is -3.29. The lowest BCUT2D eigenvalue weighted by atomic mass is 10.2. The molecule has 0 spiro atoms. The van der Waals surface area contributed by atoms with Crippen LogP contribution in [0.15, 0.2) is 54.6 Å². The first-order chi connectivity index (χ1) is 14.4. The third-order valence-corrected chi connectivity index (χ3v) is 4.95. The van der Waals surface area contributed by atoms with Crippen LogP contribution in [0.5, 0.6) is 5.75 Å². The molecule has 30 heavy (non-hydrogen) atoms. The molecule has 0 unspecified atom stereocenters. The smallest absolute Gasteiger partial charge is 0.416 e. The summed E-state index contributed by atoms with van der Waals surface area (Å²) in [6.45, 7) is 1.66. The van der Waals surface area contributed by atoms with Crippen LogP contribution in [0.3, 0.4) is 0 Å². The van der Waals surface area contributed by atoms with Gasteiger partial charge in [-0.05, 0) is 55.3 Å². The van der Waals surface area contributed by atoms with E-state index < -0.39 is 17.6 Å². The van der Waals surface area contributed by atoms with Crippen LogP contribution in [0.25, 0.3) is 10.9 Å². The monoisotopic (exact) mass is 415 g/mol. The zero-order valence-electron chi connectivity index (χ0n) is 16.1. The van der Waals surface area contributed by atoms with Gasteiger partial charge in [-0.1, -0.05) is 12.1 Å². The molecule has 4 rings (SSSR count). The van der Waals surface area contributed by atoms with Crippen LogP contribution in [0.1, 0.15) is 18.4 Å². The van der Waals surface area contributed by atoms with E-state index in [1.165, 1.54) is 12.1 Å². The van der Waals surface area contributed by atoms with Crippen LogP contribution in [-0.4, -0.2) is 30.6 Å². The molecule has 1 saturated heterocycles. The number of ether oxygens (including phenoxy) is 1. The standard InChI is InChI=1S/C22H20F3N3O2/c23-22(24,25)16-7-9-17(10-8-16)26-20(29)14-30-18-5-3-4-15-6-11-19(27-21(15)18)28-12-1-2-13-28/h3-11H,1-2,12-14H2,(H,26,29). The predicted octanol–water partition coefficient (Wildman–Crippen LogP) is 4.87. The molecule has 0 radical (unpaired) electrons. The molecule has 1 N–H and O–H groups in total. The summed E-state index contributed by atoms with van der Waals surface area (Å²) >= 11 is 0. The number of alkyl halides is 3. The Morgan fingerprint density at radius 2 is 1.77 bits per heavy atom. The molecule has 0 aliphatic carbocycles. The lowest BCUT2D eigenvalue weighted by Gasteiger charge is -2.17. The Balaban J connectivity index is 1.43. The zero-order chi connectivity index (χ0) is 21.1.